The van der Waals surface area contributed by atoms with Gasteiger partial charge in [-0.15, -0.1) is 12.4 Å². The van der Waals surface area contributed by atoms with Crippen LogP contribution in [0.3, 0.4) is 0 Å². The Bertz CT molecular complexity index is 557. The van der Waals surface area contributed by atoms with Gasteiger partial charge in [-0.1, -0.05) is 48.9 Å². The van der Waals surface area contributed by atoms with Gasteiger partial charge < -0.3 is 10.1 Å². The minimum atomic E-state index is 0. The van der Waals surface area contributed by atoms with Gasteiger partial charge in [0.1, 0.15) is 12.4 Å². The van der Waals surface area contributed by atoms with Gasteiger partial charge in [0.05, 0.1) is 0 Å². The number of hydrogen-bond acceptors (Lipinski definition) is 2. The number of benzene rings is 2. The fourth-order valence-electron chi connectivity index (χ4n) is 1.96. The molecule has 120 valence electrons. The third-order valence-electron chi connectivity index (χ3n) is 3.53. The number of rotatable bonds is 7. The summed E-state index contributed by atoms with van der Waals surface area (Å²) in [5.41, 5.74) is 2.30. The Balaban J connectivity index is 0.00000242. The van der Waals surface area contributed by atoms with Gasteiger partial charge in [0.15, 0.2) is 0 Å². The molecule has 0 heterocycles. The number of halogens is 2. The van der Waals surface area contributed by atoms with Gasteiger partial charge in [-0.2, -0.15) is 0 Å². The van der Waals surface area contributed by atoms with Crippen molar-refractivity contribution in [1.82, 2.24) is 5.32 Å². The molecule has 1 unspecified atom stereocenters. The first kappa shape index (κ1) is 18.8. The summed E-state index contributed by atoms with van der Waals surface area (Å²) in [5.74, 6) is 0.934. The Morgan fingerprint density at radius 2 is 1.77 bits per heavy atom. The minimum Gasteiger partial charge on any atom is -0.489 e. The quantitative estimate of drug-likeness (QED) is 0.745. The van der Waals surface area contributed by atoms with Crippen LogP contribution in [0.4, 0.5) is 0 Å². The lowest BCUT2D eigenvalue weighted by Gasteiger charge is -2.15. The van der Waals surface area contributed by atoms with Gasteiger partial charge in [-0.25, -0.2) is 0 Å². The molecule has 0 aliphatic rings. The average Bonchev–Trinajstić information content (AvgIpc) is 2.52. The van der Waals surface area contributed by atoms with Crippen LogP contribution >= 0.6 is 24.0 Å². The summed E-state index contributed by atoms with van der Waals surface area (Å²) in [4.78, 5) is 0. The maximum absolute atomic E-state index is 5.95. The summed E-state index contributed by atoms with van der Waals surface area (Å²) in [6, 6.07) is 16.4. The van der Waals surface area contributed by atoms with Gasteiger partial charge in [0.2, 0.25) is 0 Å². The first-order valence-electron chi connectivity index (χ1n) is 7.37. The van der Waals surface area contributed by atoms with Crippen molar-refractivity contribution in [3.05, 3.63) is 64.7 Å². The molecule has 2 rings (SSSR count). The average molecular weight is 340 g/mol. The van der Waals surface area contributed by atoms with Crippen LogP contribution in [0.2, 0.25) is 5.02 Å². The number of nitrogens with one attached hydrogen (secondary N) is 1. The normalized spacial score (nSPS) is 11.6. The van der Waals surface area contributed by atoms with E-state index in [1.807, 2.05) is 42.5 Å². The van der Waals surface area contributed by atoms with Crippen LogP contribution in [0.25, 0.3) is 0 Å². The first-order valence-corrected chi connectivity index (χ1v) is 7.75. The van der Waals surface area contributed by atoms with E-state index in [-0.39, 0.29) is 12.4 Å². The van der Waals surface area contributed by atoms with Crippen LogP contribution in [0.1, 0.15) is 31.4 Å². The summed E-state index contributed by atoms with van der Waals surface area (Å²) < 4.78 is 5.95. The molecule has 0 spiro atoms. The third-order valence-corrected chi connectivity index (χ3v) is 3.79. The smallest absolute Gasteiger partial charge is 0.124 e. The number of hydrogen-bond donors (Lipinski definition) is 1. The van der Waals surface area contributed by atoms with Gasteiger partial charge >= 0.3 is 0 Å². The van der Waals surface area contributed by atoms with E-state index in [9.17, 15) is 0 Å². The largest absolute Gasteiger partial charge is 0.489 e. The van der Waals surface area contributed by atoms with Crippen molar-refractivity contribution >= 4 is 24.0 Å². The van der Waals surface area contributed by atoms with E-state index in [0.717, 1.165) is 29.3 Å². The Morgan fingerprint density at radius 1 is 1.09 bits per heavy atom. The molecule has 0 aromatic heterocycles. The van der Waals surface area contributed by atoms with Gasteiger partial charge in [-0.05, 0) is 37.1 Å². The van der Waals surface area contributed by atoms with Crippen molar-refractivity contribution in [3.8, 4) is 5.75 Å². The number of para-hydroxylation sites is 1. The van der Waals surface area contributed by atoms with Crippen LogP contribution in [-0.4, -0.2) is 6.04 Å². The van der Waals surface area contributed by atoms with E-state index >= 15 is 0 Å². The molecule has 2 aromatic rings. The highest BCUT2D eigenvalue weighted by Gasteiger charge is 2.05. The zero-order valence-electron chi connectivity index (χ0n) is 13.0. The lowest BCUT2D eigenvalue weighted by atomic mass is 10.1. The molecule has 0 saturated heterocycles. The Hall–Kier alpha value is -1.22. The molecule has 22 heavy (non-hydrogen) atoms. The summed E-state index contributed by atoms with van der Waals surface area (Å²) >= 11 is 5.89. The summed E-state index contributed by atoms with van der Waals surface area (Å²) in [5, 5.41) is 4.24. The molecule has 0 aliphatic heterocycles. The fraction of sp³-hybridized carbons (Fsp3) is 0.333. The first-order chi connectivity index (χ1) is 10.2. The Morgan fingerprint density at radius 3 is 2.45 bits per heavy atom. The molecule has 0 fully saturated rings. The van der Waals surface area contributed by atoms with Gasteiger partial charge in [-0.3, -0.25) is 0 Å². The molecular weight excluding hydrogens is 317 g/mol. The zero-order chi connectivity index (χ0) is 15.1. The molecular formula is C18H23Cl2NO. The van der Waals surface area contributed by atoms with Crippen LogP contribution in [0, 0.1) is 0 Å². The second-order valence-corrected chi connectivity index (χ2v) is 5.65. The minimum absolute atomic E-state index is 0. The van der Waals surface area contributed by atoms with E-state index < -0.39 is 0 Å². The topological polar surface area (TPSA) is 21.3 Å². The SMILES string of the molecule is CCC(C)NCc1ccccc1OCc1ccc(Cl)cc1.Cl. The third kappa shape index (κ3) is 5.88. The van der Waals surface area contributed by atoms with Gasteiger partial charge in [0, 0.05) is 23.2 Å². The van der Waals surface area contributed by atoms with E-state index in [1.54, 1.807) is 0 Å². The predicted molar refractivity (Wildman–Crippen MR) is 96.1 cm³/mol. The van der Waals surface area contributed by atoms with E-state index in [4.69, 9.17) is 16.3 Å². The summed E-state index contributed by atoms with van der Waals surface area (Å²) in [6.45, 7) is 5.75. The van der Waals surface area contributed by atoms with Crippen LogP contribution in [0.5, 0.6) is 5.75 Å². The van der Waals surface area contributed by atoms with Crippen molar-refractivity contribution in [2.75, 3.05) is 0 Å². The Labute approximate surface area is 144 Å². The monoisotopic (exact) mass is 339 g/mol. The lowest BCUT2D eigenvalue weighted by molar-refractivity contribution is 0.301. The molecule has 4 heteroatoms. The van der Waals surface area contributed by atoms with Crippen LogP contribution in [-0.2, 0) is 13.2 Å². The fourth-order valence-corrected chi connectivity index (χ4v) is 2.09. The van der Waals surface area contributed by atoms with Crippen molar-refractivity contribution < 1.29 is 4.74 Å². The van der Waals surface area contributed by atoms with Crippen LogP contribution in [0.15, 0.2) is 48.5 Å². The zero-order valence-corrected chi connectivity index (χ0v) is 14.6. The molecule has 0 amide bonds. The molecule has 2 nitrogen and oxygen atoms in total. The molecule has 0 bridgehead atoms. The molecule has 0 saturated carbocycles. The highest BCUT2D eigenvalue weighted by molar-refractivity contribution is 6.30. The summed E-state index contributed by atoms with van der Waals surface area (Å²) in [7, 11) is 0. The maximum Gasteiger partial charge on any atom is 0.124 e. The van der Waals surface area contributed by atoms with Crippen molar-refractivity contribution in [3.63, 3.8) is 0 Å². The molecule has 0 radical (unpaired) electrons. The second-order valence-electron chi connectivity index (χ2n) is 5.21. The number of ether oxygens (including phenoxy) is 1. The summed E-state index contributed by atoms with van der Waals surface area (Å²) in [6.07, 6.45) is 1.12. The van der Waals surface area contributed by atoms with E-state index in [1.165, 1.54) is 5.56 Å². The van der Waals surface area contributed by atoms with Crippen molar-refractivity contribution in [2.45, 2.75) is 39.5 Å². The van der Waals surface area contributed by atoms with E-state index in [2.05, 4.69) is 25.2 Å². The highest BCUT2D eigenvalue weighted by atomic mass is 35.5. The molecule has 0 aliphatic carbocycles. The lowest BCUT2D eigenvalue weighted by Crippen LogP contribution is -2.24. The highest BCUT2D eigenvalue weighted by Crippen LogP contribution is 2.20. The predicted octanol–water partition coefficient (Wildman–Crippen LogP) is 5.23. The van der Waals surface area contributed by atoms with Crippen molar-refractivity contribution in [2.24, 2.45) is 0 Å². The maximum atomic E-state index is 5.95. The van der Waals surface area contributed by atoms with Crippen molar-refractivity contribution in [1.29, 1.82) is 0 Å². The molecule has 2 aromatic carbocycles. The second kappa shape index (κ2) is 9.73. The standard InChI is InChI=1S/C18H22ClNO.ClH/c1-3-14(2)20-12-16-6-4-5-7-18(16)21-13-15-8-10-17(19)11-9-15;/h4-11,14,20H,3,12-13H2,1-2H3;1H. The van der Waals surface area contributed by atoms with Gasteiger partial charge in [0.25, 0.3) is 0 Å². The van der Waals surface area contributed by atoms with Crippen LogP contribution < -0.4 is 10.1 Å². The Kier molecular flexibility index (Phi) is 8.32. The van der Waals surface area contributed by atoms with E-state index in [0.29, 0.717) is 12.6 Å². The molecule has 1 N–H and O–H groups in total. The molecule has 1 atom stereocenters.